The first kappa shape index (κ1) is 15.5. The normalized spacial score (nSPS) is 10.6. The maximum absolute atomic E-state index is 13.1. The van der Waals surface area contributed by atoms with E-state index in [9.17, 15) is 4.39 Å². The average Bonchev–Trinajstić information content (AvgIpc) is 2.50. The van der Waals surface area contributed by atoms with Crippen molar-refractivity contribution in [3.63, 3.8) is 0 Å². The molecule has 0 saturated heterocycles. The number of halogens is 1. The van der Waals surface area contributed by atoms with Crippen LogP contribution in [0, 0.1) is 5.82 Å². The third-order valence-electron chi connectivity index (χ3n) is 3.01. The second-order valence-corrected chi connectivity index (χ2v) is 4.74. The summed E-state index contributed by atoms with van der Waals surface area (Å²) in [6, 6.07) is 14.3. The molecule has 21 heavy (non-hydrogen) atoms. The average molecular weight is 289 g/mol. The van der Waals surface area contributed by atoms with E-state index < -0.39 is 0 Å². The van der Waals surface area contributed by atoms with E-state index in [2.05, 4.69) is 5.32 Å². The predicted octanol–water partition coefficient (Wildman–Crippen LogP) is 3.14. The lowest BCUT2D eigenvalue weighted by molar-refractivity contribution is 0.199. The number of nitrogens with one attached hydrogen (secondary N) is 1. The van der Waals surface area contributed by atoms with E-state index in [0.29, 0.717) is 13.2 Å². The van der Waals surface area contributed by atoms with Gasteiger partial charge in [-0.1, -0.05) is 24.3 Å². The quantitative estimate of drug-likeness (QED) is 0.757. The SMILES string of the molecule is COCCNCc1cccc(OCc2cccc(F)c2)c1. The first-order chi connectivity index (χ1) is 10.3. The Morgan fingerprint density at radius 1 is 1.05 bits per heavy atom. The summed E-state index contributed by atoms with van der Waals surface area (Å²) < 4.78 is 23.8. The van der Waals surface area contributed by atoms with Crippen molar-refractivity contribution >= 4 is 0 Å². The molecule has 0 aliphatic carbocycles. The molecule has 2 rings (SSSR count). The highest BCUT2D eigenvalue weighted by Gasteiger charge is 1.99. The molecule has 0 spiro atoms. The Hall–Kier alpha value is -1.91. The minimum atomic E-state index is -0.243. The Morgan fingerprint density at radius 3 is 2.67 bits per heavy atom. The van der Waals surface area contributed by atoms with E-state index in [4.69, 9.17) is 9.47 Å². The fourth-order valence-electron chi connectivity index (χ4n) is 1.95. The monoisotopic (exact) mass is 289 g/mol. The predicted molar refractivity (Wildman–Crippen MR) is 80.8 cm³/mol. The molecule has 0 aliphatic heterocycles. The Kier molecular flexibility index (Phi) is 6.19. The topological polar surface area (TPSA) is 30.5 Å². The highest BCUT2D eigenvalue weighted by Crippen LogP contribution is 2.15. The molecular weight excluding hydrogens is 269 g/mol. The summed E-state index contributed by atoms with van der Waals surface area (Å²) in [5.41, 5.74) is 1.96. The number of methoxy groups -OCH3 is 1. The van der Waals surface area contributed by atoms with Crippen molar-refractivity contribution in [3.05, 3.63) is 65.5 Å². The summed E-state index contributed by atoms with van der Waals surface area (Å²) in [5, 5.41) is 3.28. The largest absolute Gasteiger partial charge is 0.489 e. The van der Waals surface area contributed by atoms with Crippen molar-refractivity contribution in [3.8, 4) is 5.75 Å². The molecule has 2 aromatic rings. The van der Waals surface area contributed by atoms with E-state index in [0.717, 1.165) is 30.0 Å². The smallest absolute Gasteiger partial charge is 0.123 e. The van der Waals surface area contributed by atoms with Crippen LogP contribution >= 0.6 is 0 Å². The molecule has 0 bridgehead atoms. The van der Waals surface area contributed by atoms with Crippen molar-refractivity contribution in [2.45, 2.75) is 13.2 Å². The summed E-state index contributed by atoms with van der Waals surface area (Å²) in [4.78, 5) is 0. The van der Waals surface area contributed by atoms with Crippen LogP contribution in [0.1, 0.15) is 11.1 Å². The van der Waals surface area contributed by atoms with E-state index in [-0.39, 0.29) is 5.82 Å². The van der Waals surface area contributed by atoms with Crippen LogP contribution in [0.25, 0.3) is 0 Å². The second kappa shape index (κ2) is 8.39. The van der Waals surface area contributed by atoms with Gasteiger partial charge in [-0.05, 0) is 35.4 Å². The van der Waals surface area contributed by atoms with Crippen LogP contribution < -0.4 is 10.1 Å². The van der Waals surface area contributed by atoms with Crippen molar-refractivity contribution in [2.24, 2.45) is 0 Å². The maximum Gasteiger partial charge on any atom is 0.123 e. The first-order valence-corrected chi connectivity index (χ1v) is 6.94. The minimum Gasteiger partial charge on any atom is -0.489 e. The van der Waals surface area contributed by atoms with Gasteiger partial charge < -0.3 is 14.8 Å². The zero-order valence-corrected chi connectivity index (χ0v) is 12.1. The maximum atomic E-state index is 13.1. The van der Waals surface area contributed by atoms with Gasteiger partial charge in [0.2, 0.25) is 0 Å². The molecule has 112 valence electrons. The van der Waals surface area contributed by atoms with Crippen molar-refractivity contribution < 1.29 is 13.9 Å². The molecule has 0 saturated carbocycles. The molecule has 0 aliphatic rings. The molecule has 0 fully saturated rings. The third-order valence-corrected chi connectivity index (χ3v) is 3.01. The molecule has 0 radical (unpaired) electrons. The number of ether oxygens (including phenoxy) is 2. The third kappa shape index (κ3) is 5.53. The van der Waals surface area contributed by atoms with Gasteiger partial charge in [0.05, 0.1) is 6.61 Å². The van der Waals surface area contributed by atoms with E-state index in [1.807, 2.05) is 30.3 Å². The highest BCUT2D eigenvalue weighted by atomic mass is 19.1. The molecule has 0 aromatic heterocycles. The number of hydrogen-bond donors (Lipinski definition) is 1. The lowest BCUT2D eigenvalue weighted by atomic mass is 10.2. The van der Waals surface area contributed by atoms with Crippen molar-refractivity contribution in [1.82, 2.24) is 5.32 Å². The molecule has 0 atom stereocenters. The van der Waals surface area contributed by atoms with Gasteiger partial charge >= 0.3 is 0 Å². The van der Waals surface area contributed by atoms with Crippen molar-refractivity contribution in [2.75, 3.05) is 20.3 Å². The Balaban J connectivity index is 1.86. The van der Waals surface area contributed by atoms with Crippen molar-refractivity contribution in [1.29, 1.82) is 0 Å². The van der Waals surface area contributed by atoms with Crippen LogP contribution in [0.15, 0.2) is 48.5 Å². The van der Waals surface area contributed by atoms with E-state index >= 15 is 0 Å². The summed E-state index contributed by atoms with van der Waals surface area (Å²) in [6.45, 7) is 2.62. The molecule has 4 heteroatoms. The van der Waals surface area contributed by atoms with Crippen LogP contribution in [0.5, 0.6) is 5.75 Å². The second-order valence-electron chi connectivity index (χ2n) is 4.74. The van der Waals surface area contributed by atoms with Crippen LogP contribution in [-0.2, 0) is 17.9 Å². The van der Waals surface area contributed by atoms with Gasteiger partial charge in [0.15, 0.2) is 0 Å². The van der Waals surface area contributed by atoms with Gasteiger partial charge in [-0.25, -0.2) is 4.39 Å². The molecule has 3 nitrogen and oxygen atoms in total. The number of benzene rings is 2. The zero-order valence-electron chi connectivity index (χ0n) is 12.1. The van der Waals surface area contributed by atoms with Gasteiger partial charge in [0.1, 0.15) is 18.2 Å². The summed E-state index contributed by atoms with van der Waals surface area (Å²) in [7, 11) is 1.68. The van der Waals surface area contributed by atoms with Gasteiger partial charge in [0.25, 0.3) is 0 Å². The van der Waals surface area contributed by atoms with Crippen LogP contribution in [0.4, 0.5) is 4.39 Å². The lowest BCUT2D eigenvalue weighted by Crippen LogP contribution is -2.18. The lowest BCUT2D eigenvalue weighted by Gasteiger charge is -2.09. The first-order valence-electron chi connectivity index (χ1n) is 6.94. The van der Waals surface area contributed by atoms with E-state index in [1.165, 1.54) is 12.1 Å². The summed E-state index contributed by atoms with van der Waals surface area (Å²) in [6.07, 6.45) is 0. The van der Waals surface area contributed by atoms with Crippen LogP contribution in [0.3, 0.4) is 0 Å². The zero-order chi connectivity index (χ0) is 14.9. The van der Waals surface area contributed by atoms with Crippen LogP contribution in [-0.4, -0.2) is 20.3 Å². The molecule has 2 aromatic carbocycles. The fourth-order valence-corrected chi connectivity index (χ4v) is 1.95. The standard InChI is InChI=1S/C17H20FNO2/c1-20-9-8-19-12-14-4-3-7-17(11-14)21-13-15-5-2-6-16(18)10-15/h2-7,10-11,19H,8-9,12-13H2,1H3. The summed E-state index contributed by atoms with van der Waals surface area (Å²) in [5.74, 6) is 0.539. The molecule has 0 amide bonds. The molecule has 0 unspecified atom stereocenters. The molecule has 1 N–H and O–H groups in total. The Morgan fingerprint density at radius 2 is 1.86 bits per heavy atom. The van der Waals surface area contributed by atoms with Gasteiger partial charge in [0, 0.05) is 20.2 Å². The van der Waals surface area contributed by atoms with E-state index in [1.54, 1.807) is 13.2 Å². The number of rotatable bonds is 8. The van der Waals surface area contributed by atoms with Gasteiger partial charge in [-0.15, -0.1) is 0 Å². The van der Waals surface area contributed by atoms with Gasteiger partial charge in [-0.3, -0.25) is 0 Å². The fraction of sp³-hybridized carbons (Fsp3) is 0.294. The Bertz CT molecular complexity index is 560. The minimum absolute atomic E-state index is 0.243. The molecular formula is C17H20FNO2. The Labute approximate surface area is 124 Å². The number of hydrogen-bond acceptors (Lipinski definition) is 3. The highest BCUT2D eigenvalue weighted by molar-refractivity contribution is 5.29. The van der Waals surface area contributed by atoms with Crippen LogP contribution in [0.2, 0.25) is 0 Å². The summed E-state index contributed by atoms with van der Waals surface area (Å²) >= 11 is 0. The molecule has 0 heterocycles. The van der Waals surface area contributed by atoms with Gasteiger partial charge in [-0.2, -0.15) is 0 Å².